The van der Waals surface area contributed by atoms with E-state index in [4.69, 9.17) is 24.1 Å². The minimum absolute atomic E-state index is 0.0182. The van der Waals surface area contributed by atoms with Crippen LogP contribution in [-0.4, -0.2) is 25.6 Å². The second kappa shape index (κ2) is 12.5. The minimum atomic E-state index is 0.0182. The molecule has 7 aromatic carbocycles. The zero-order valence-electron chi connectivity index (χ0n) is 30.6. The second-order valence-corrected chi connectivity index (χ2v) is 14.7. The monoisotopic (exact) mass is 732 g/mol. The number of hydrogen-bond donors (Lipinski definition) is 0. The highest BCUT2D eigenvalue weighted by Gasteiger charge is 2.34. The first-order chi connectivity index (χ1) is 28.2. The van der Waals surface area contributed by atoms with Gasteiger partial charge in [0.2, 0.25) is 0 Å². The molecule has 4 heterocycles. The number of fused-ring (bicyclic) bond motifs is 9. The summed E-state index contributed by atoms with van der Waals surface area (Å²) in [7, 11) is 0. The van der Waals surface area contributed by atoms with Crippen molar-refractivity contribution in [2.75, 3.05) is 0 Å². The number of furan rings is 1. The van der Waals surface area contributed by atoms with Crippen LogP contribution in [0, 0.1) is 0 Å². The van der Waals surface area contributed by atoms with Gasteiger partial charge in [-0.2, -0.15) is 0 Å². The topological polar surface area (TPSA) is 66.0 Å². The Hall–Kier alpha value is -7.57. The fraction of sp³-hybridized carbons (Fsp3) is 0.0392. The van der Waals surface area contributed by atoms with Gasteiger partial charge in [0.25, 0.3) is 0 Å². The van der Waals surface area contributed by atoms with E-state index in [0.29, 0.717) is 17.5 Å². The number of aromatic nitrogens is 4. The van der Waals surface area contributed by atoms with Crippen molar-refractivity contribution in [3.8, 4) is 56.7 Å². The summed E-state index contributed by atoms with van der Waals surface area (Å²) in [6.45, 7) is 0. The van der Waals surface area contributed by atoms with Crippen molar-refractivity contribution in [1.29, 1.82) is 0 Å². The highest BCUT2D eigenvalue weighted by molar-refractivity contribution is 6.13. The van der Waals surface area contributed by atoms with Gasteiger partial charge in [-0.05, 0) is 77.4 Å². The van der Waals surface area contributed by atoms with Crippen LogP contribution >= 0.6 is 0 Å². The van der Waals surface area contributed by atoms with Crippen molar-refractivity contribution in [3.63, 3.8) is 0 Å². The molecular formula is C51H32N4O2. The summed E-state index contributed by atoms with van der Waals surface area (Å²) < 4.78 is 15.3. The van der Waals surface area contributed by atoms with Gasteiger partial charge in [-0.1, -0.05) is 115 Å². The fourth-order valence-electron chi connectivity index (χ4n) is 8.76. The third-order valence-corrected chi connectivity index (χ3v) is 11.4. The minimum Gasteiger partial charge on any atom is -0.485 e. The van der Waals surface area contributed by atoms with Gasteiger partial charge in [0.1, 0.15) is 23.0 Å². The maximum atomic E-state index is 6.48. The first kappa shape index (κ1) is 31.7. The Balaban J connectivity index is 1.01. The molecule has 268 valence electrons. The van der Waals surface area contributed by atoms with E-state index >= 15 is 0 Å². The summed E-state index contributed by atoms with van der Waals surface area (Å²) in [5.74, 6) is 2.74. The van der Waals surface area contributed by atoms with Crippen LogP contribution < -0.4 is 4.74 Å². The van der Waals surface area contributed by atoms with Crippen molar-refractivity contribution in [2.45, 2.75) is 12.5 Å². The lowest BCUT2D eigenvalue weighted by molar-refractivity contribution is 0.276. The van der Waals surface area contributed by atoms with Gasteiger partial charge < -0.3 is 13.7 Å². The fourth-order valence-corrected chi connectivity index (χ4v) is 8.76. The van der Waals surface area contributed by atoms with E-state index in [1.807, 2.05) is 54.6 Å². The SMILES string of the molecule is C1=C2c3ccccc3OC2Cc2c1n(-c1ccc(-c3nc(-c4ccccc4)nc(-c4cc(-c5ccccc5)c5c(c4)oc4ccccc45)n3)cc1)c1ccccc21. The molecule has 3 aromatic heterocycles. The van der Waals surface area contributed by atoms with Gasteiger partial charge in [-0.3, -0.25) is 0 Å². The molecule has 0 N–H and O–H groups in total. The smallest absolute Gasteiger partial charge is 0.164 e. The molecule has 0 fully saturated rings. The predicted octanol–water partition coefficient (Wildman–Crippen LogP) is 12.2. The quantitative estimate of drug-likeness (QED) is 0.176. The van der Waals surface area contributed by atoms with E-state index in [2.05, 4.69) is 126 Å². The molecule has 0 saturated heterocycles. The molecular weight excluding hydrogens is 701 g/mol. The number of hydrogen-bond acceptors (Lipinski definition) is 5. The number of ether oxygens (including phenoxy) is 1. The number of nitrogens with zero attached hydrogens (tertiary/aromatic N) is 4. The first-order valence-electron chi connectivity index (χ1n) is 19.3. The zero-order chi connectivity index (χ0) is 37.5. The van der Waals surface area contributed by atoms with Crippen LogP contribution in [0.3, 0.4) is 0 Å². The highest BCUT2D eigenvalue weighted by Crippen LogP contribution is 2.46. The molecule has 1 aliphatic carbocycles. The second-order valence-electron chi connectivity index (χ2n) is 14.7. The van der Waals surface area contributed by atoms with Crippen LogP contribution in [0.2, 0.25) is 0 Å². The van der Waals surface area contributed by atoms with Gasteiger partial charge in [-0.25, -0.2) is 15.0 Å². The van der Waals surface area contributed by atoms with Gasteiger partial charge in [0.05, 0.1) is 11.2 Å². The van der Waals surface area contributed by atoms with Gasteiger partial charge in [0, 0.05) is 56.1 Å². The number of para-hydroxylation sites is 3. The Kier molecular flexibility index (Phi) is 6.95. The lowest BCUT2D eigenvalue weighted by atomic mass is 9.90. The molecule has 0 amide bonds. The average Bonchev–Trinajstić information content (AvgIpc) is 3.95. The Morgan fingerprint density at radius 1 is 0.509 bits per heavy atom. The van der Waals surface area contributed by atoms with Crippen LogP contribution in [0.1, 0.15) is 16.8 Å². The van der Waals surface area contributed by atoms with E-state index < -0.39 is 0 Å². The van der Waals surface area contributed by atoms with Crippen molar-refractivity contribution in [2.24, 2.45) is 0 Å². The van der Waals surface area contributed by atoms with Crippen LogP contribution in [0.15, 0.2) is 174 Å². The van der Waals surface area contributed by atoms with E-state index in [-0.39, 0.29) is 6.10 Å². The van der Waals surface area contributed by atoms with Gasteiger partial charge in [-0.15, -0.1) is 0 Å². The number of rotatable bonds is 5. The predicted molar refractivity (Wildman–Crippen MR) is 228 cm³/mol. The van der Waals surface area contributed by atoms with Crippen molar-refractivity contribution >= 4 is 44.5 Å². The summed E-state index contributed by atoms with van der Waals surface area (Å²) in [5, 5.41) is 3.40. The molecule has 1 aliphatic heterocycles. The third-order valence-electron chi connectivity index (χ3n) is 11.4. The van der Waals surface area contributed by atoms with Gasteiger partial charge >= 0.3 is 0 Å². The molecule has 6 heteroatoms. The molecule has 0 radical (unpaired) electrons. The maximum Gasteiger partial charge on any atom is 0.164 e. The van der Waals surface area contributed by atoms with E-state index in [1.54, 1.807) is 0 Å². The lowest BCUT2D eigenvalue weighted by Crippen LogP contribution is -2.19. The molecule has 12 rings (SSSR count). The van der Waals surface area contributed by atoms with Crippen molar-refractivity contribution in [3.05, 3.63) is 187 Å². The summed E-state index contributed by atoms with van der Waals surface area (Å²) >= 11 is 0. The molecule has 1 atom stereocenters. The molecule has 0 saturated carbocycles. The zero-order valence-corrected chi connectivity index (χ0v) is 30.6. The maximum absolute atomic E-state index is 6.48. The summed E-state index contributed by atoms with van der Waals surface area (Å²) in [6, 6.07) is 58.6. The first-order valence-corrected chi connectivity index (χ1v) is 19.3. The Bertz CT molecular complexity index is 3230. The third kappa shape index (κ3) is 5.07. The van der Waals surface area contributed by atoms with Crippen LogP contribution in [0.25, 0.3) is 95.5 Å². The van der Waals surface area contributed by atoms with Crippen molar-refractivity contribution in [1.82, 2.24) is 19.5 Å². The van der Waals surface area contributed by atoms with Crippen LogP contribution in [0.4, 0.5) is 0 Å². The van der Waals surface area contributed by atoms with E-state index in [0.717, 1.165) is 67.6 Å². The Morgan fingerprint density at radius 2 is 1.14 bits per heavy atom. The molecule has 57 heavy (non-hydrogen) atoms. The van der Waals surface area contributed by atoms with Crippen molar-refractivity contribution < 1.29 is 9.15 Å². The Labute approximate surface area is 328 Å². The molecule has 0 bridgehead atoms. The molecule has 6 nitrogen and oxygen atoms in total. The summed E-state index contributed by atoms with van der Waals surface area (Å²) in [6.07, 6.45) is 3.17. The summed E-state index contributed by atoms with van der Waals surface area (Å²) in [5.41, 5.74) is 13.6. The Morgan fingerprint density at radius 3 is 1.93 bits per heavy atom. The highest BCUT2D eigenvalue weighted by atomic mass is 16.5. The van der Waals surface area contributed by atoms with Crippen LogP contribution in [-0.2, 0) is 6.42 Å². The molecule has 0 spiro atoms. The van der Waals surface area contributed by atoms with Crippen LogP contribution in [0.5, 0.6) is 5.75 Å². The molecule has 10 aromatic rings. The summed E-state index contributed by atoms with van der Waals surface area (Å²) in [4.78, 5) is 15.3. The van der Waals surface area contributed by atoms with E-state index in [1.165, 1.54) is 33.3 Å². The number of benzene rings is 7. The molecule has 1 unspecified atom stereocenters. The largest absolute Gasteiger partial charge is 0.485 e. The lowest BCUT2D eigenvalue weighted by Gasteiger charge is -2.19. The normalized spacial score (nSPS) is 14.3. The average molecular weight is 733 g/mol. The van der Waals surface area contributed by atoms with Gasteiger partial charge in [0.15, 0.2) is 17.5 Å². The van der Waals surface area contributed by atoms with E-state index in [9.17, 15) is 0 Å². The molecule has 2 aliphatic rings. The standard InChI is InChI=1S/C51H32N4O2/c1-3-13-31(14-4-1)39-27-34(28-47-48(39)38-19-9-12-22-45(38)57-47)51-53-49(32-15-5-2-6-16-32)52-50(54-51)33-23-25-35(26-24-33)55-42-20-10-7-17-36(42)40-30-46-41(29-43(40)55)37-18-8-11-21-44(37)56-46/h1-29,46H,30H2.